The topological polar surface area (TPSA) is 71.9 Å². The van der Waals surface area contributed by atoms with Crippen molar-refractivity contribution in [3.05, 3.63) is 64.7 Å². The largest absolute Gasteiger partial charge is 0.379 e. The van der Waals surface area contributed by atoms with Crippen molar-refractivity contribution < 1.29 is 19.2 Å². The lowest BCUT2D eigenvalue weighted by molar-refractivity contribution is -0.884. The van der Waals surface area contributed by atoms with Crippen LogP contribution in [0, 0.1) is 13.8 Å². The summed E-state index contributed by atoms with van der Waals surface area (Å²) in [6.07, 6.45) is 3.08. The van der Waals surface area contributed by atoms with Gasteiger partial charge in [0.2, 0.25) is 0 Å². The average Bonchev–Trinajstić information content (AvgIpc) is 2.75. The van der Waals surface area contributed by atoms with Crippen molar-refractivity contribution in [2.45, 2.75) is 39.2 Å². The van der Waals surface area contributed by atoms with Gasteiger partial charge >= 0.3 is 0 Å². The molecule has 2 aromatic carbocycles. The number of rotatable bonds is 9. The number of hydrogen-bond acceptors (Lipinski definition) is 3. The molecule has 6 heteroatoms. The maximum atomic E-state index is 12.8. The summed E-state index contributed by atoms with van der Waals surface area (Å²) in [4.78, 5) is 26.4. The van der Waals surface area contributed by atoms with Crippen molar-refractivity contribution >= 4 is 17.5 Å². The van der Waals surface area contributed by atoms with Gasteiger partial charge in [0.05, 0.1) is 12.6 Å². The SMILES string of the molecule is COCC[NH+](CC(=O)Nc1cccc(C)c1C)CC(=O)N[C@@H]1CCCc2ccccc21. The minimum absolute atomic E-state index is 0.0349. The Balaban J connectivity index is 1.59. The Morgan fingerprint density at radius 2 is 1.84 bits per heavy atom. The minimum atomic E-state index is -0.101. The Morgan fingerprint density at radius 3 is 2.65 bits per heavy atom. The molecule has 0 saturated carbocycles. The van der Waals surface area contributed by atoms with Crippen LogP contribution < -0.4 is 15.5 Å². The molecule has 3 rings (SSSR count). The number of carbonyl (C=O) groups excluding carboxylic acids is 2. The van der Waals surface area contributed by atoms with Crippen LogP contribution >= 0.6 is 0 Å². The summed E-state index contributed by atoms with van der Waals surface area (Å²) in [5.74, 6) is -0.136. The van der Waals surface area contributed by atoms with Gasteiger partial charge in [-0.2, -0.15) is 0 Å². The van der Waals surface area contributed by atoms with Crippen LogP contribution in [0.4, 0.5) is 5.69 Å². The zero-order valence-electron chi connectivity index (χ0n) is 18.8. The van der Waals surface area contributed by atoms with E-state index in [0.29, 0.717) is 13.2 Å². The number of nitrogens with one attached hydrogen (secondary N) is 3. The molecule has 31 heavy (non-hydrogen) atoms. The van der Waals surface area contributed by atoms with E-state index in [-0.39, 0.29) is 30.9 Å². The molecule has 0 radical (unpaired) electrons. The second-order valence-corrected chi connectivity index (χ2v) is 8.35. The fourth-order valence-electron chi connectivity index (χ4n) is 4.17. The van der Waals surface area contributed by atoms with E-state index in [1.807, 2.05) is 44.2 Å². The summed E-state index contributed by atoms with van der Waals surface area (Å²) in [6.45, 7) is 5.55. The Labute approximate surface area is 185 Å². The Kier molecular flexibility index (Phi) is 8.20. The van der Waals surface area contributed by atoms with E-state index < -0.39 is 0 Å². The van der Waals surface area contributed by atoms with Crippen molar-refractivity contribution in [1.82, 2.24) is 5.32 Å². The van der Waals surface area contributed by atoms with Gasteiger partial charge in [-0.3, -0.25) is 9.59 Å². The van der Waals surface area contributed by atoms with Crippen LogP contribution in [0.5, 0.6) is 0 Å². The van der Waals surface area contributed by atoms with E-state index in [1.54, 1.807) is 7.11 Å². The number of ether oxygens (including phenoxy) is 1. The molecule has 0 fully saturated rings. The number of carbonyl (C=O) groups is 2. The maximum Gasteiger partial charge on any atom is 0.279 e. The molecule has 3 N–H and O–H groups in total. The molecule has 0 heterocycles. The standard InChI is InChI=1S/C25H33N3O3/c1-18-8-6-12-22(19(18)2)26-24(29)16-28(14-15-31-3)17-25(30)27-23-13-7-10-20-9-4-5-11-21(20)23/h4-6,8-9,11-12,23H,7,10,13-17H2,1-3H3,(H,26,29)(H,27,30)/p+1/t23-/m1/s1. The molecular formula is C25H34N3O3+. The third-order valence-electron chi connectivity index (χ3n) is 6.06. The smallest absolute Gasteiger partial charge is 0.279 e. The van der Waals surface area contributed by atoms with Gasteiger partial charge in [0, 0.05) is 12.8 Å². The van der Waals surface area contributed by atoms with Crippen molar-refractivity contribution in [2.24, 2.45) is 0 Å². The van der Waals surface area contributed by atoms with Crippen LogP contribution in [0.15, 0.2) is 42.5 Å². The summed E-state index contributed by atoms with van der Waals surface area (Å²) in [5, 5.41) is 6.18. The molecule has 2 atom stereocenters. The molecule has 2 amide bonds. The number of aryl methyl sites for hydroxylation is 2. The van der Waals surface area contributed by atoms with E-state index in [2.05, 4.69) is 22.8 Å². The van der Waals surface area contributed by atoms with Gasteiger partial charge in [0.1, 0.15) is 6.54 Å². The van der Waals surface area contributed by atoms with Gasteiger partial charge in [-0.1, -0.05) is 36.4 Å². The zero-order chi connectivity index (χ0) is 22.2. The Bertz CT molecular complexity index is 913. The second-order valence-electron chi connectivity index (χ2n) is 8.35. The highest BCUT2D eigenvalue weighted by Gasteiger charge is 2.24. The van der Waals surface area contributed by atoms with Crippen LogP contribution in [0.1, 0.15) is 41.1 Å². The summed E-state index contributed by atoms with van der Waals surface area (Å²) >= 11 is 0. The van der Waals surface area contributed by atoms with Crippen molar-refractivity contribution in [1.29, 1.82) is 0 Å². The molecule has 2 aromatic rings. The van der Waals surface area contributed by atoms with Gasteiger partial charge in [0.25, 0.3) is 11.8 Å². The van der Waals surface area contributed by atoms with E-state index in [9.17, 15) is 9.59 Å². The first-order chi connectivity index (χ1) is 15.0. The van der Waals surface area contributed by atoms with Gasteiger partial charge in [-0.15, -0.1) is 0 Å². The quantitative estimate of drug-likeness (QED) is 0.576. The predicted molar refractivity (Wildman–Crippen MR) is 122 cm³/mol. The lowest BCUT2D eigenvalue weighted by Crippen LogP contribution is -3.14. The minimum Gasteiger partial charge on any atom is -0.379 e. The van der Waals surface area contributed by atoms with Crippen molar-refractivity contribution in [2.75, 3.05) is 38.7 Å². The highest BCUT2D eigenvalue weighted by atomic mass is 16.5. The first-order valence-electron chi connectivity index (χ1n) is 11.0. The highest BCUT2D eigenvalue weighted by Crippen LogP contribution is 2.29. The van der Waals surface area contributed by atoms with Crippen LogP contribution in [0.25, 0.3) is 0 Å². The third-order valence-corrected chi connectivity index (χ3v) is 6.06. The number of benzene rings is 2. The lowest BCUT2D eigenvalue weighted by Gasteiger charge is -2.27. The molecule has 1 aliphatic rings. The van der Waals surface area contributed by atoms with E-state index in [1.165, 1.54) is 11.1 Å². The predicted octanol–water partition coefficient (Wildman–Crippen LogP) is 1.97. The summed E-state index contributed by atoms with van der Waals surface area (Å²) in [6, 6.07) is 14.2. The van der Waals surface area contributed by atoms with E-state index >= 15 is 0 Å². The van der Waals surface area contributed by atoms with Crippen molar-refractivity contribution in [3.63, 3.8) is 0 Å². The number of quaternary nitrogens is 1. The molecule has 1 aliphatic carbocycles. The van der Waals surface area contributed by atoms with Gasteiger partial charge in [-0.25, -0.2) is 0 Å². The number of methoxy groups -OCH3 is 1. The summed E-state index contributed by atoms with van der Waals surface area (Å²) in [5.41, 5.74) is 5.54. The normalized spacial score (nSPS) is 16.3. The van der Waals surface area contributed by atoms with E-state index in [4.69, 9.17) is 4.74 Å². The van der Waals surface area contributed by atoms with Crippen LogP contribution in [-0.2, 0) is 20.7 Å². The fraction of sp³-hybridized carbons (Fsp3) is 0.440. The first-order valence-corrected chi connectivity index (χ1v) is 11.0. The first kappa shape index (κ1) is 23.0. The second kappa shape index (κ2) is 11.1. The zero-order valence-corrected chi connectivity index (χ0v) is 18.8. The number of amides is 2. The number of fused-ring (bicyclic) bond motifs is 1. The Hall–Kier alpha value is -2.70. The molecule has 1 unspecified atom stereocenters. The molecular weight excluding hydrogens is 390 g/mol. The third kappa shape index (κ3) is 6.39. The molecule has 0 saturated heterocycles. The van der Waals surface area contributed by atoms with Crippen LogP contribution in [0.3, 0.4) is 0 Å². The fourth-order valence-corrected chi connectivity index (χ4v) is 4.17. The monoisotopic (exact) mass is 424 g/mol. The molecule has 0 aromatic heterocycles. The average molecular weight is 425 g/mol. The van der Waals surface area contributed by atoms with Gasteiger partial charge in [0.15, 0.2) is 13.1 Å². The molecule has 0 spiro atoms. The van der Waals surface area contributed by atoms with Crippen LogP contribution in [-0.4, -0.2) is 45.2 Å². The lowest BCUT2D eigenvalue weighted by atomic mass is 9.88. The van der Waals surface area contributed by atoms with Gasteiger partial charge in [-0.05, 0) is 61.4 Å². The van der Waals surface area contributed by atoms with Crippen molar-refractivity contribution in [3.8, 4) is 0 Å². The number of hydrogen-bond donors (Lipinski definition) is 3. The summed E-state index contributed by atoms with van der Waals surface area (Å²) in [7, 11) is 1.63. The van der Waals surface area contributed by atoms with E-state index in [0.717, 1.165) is 41.0 Å². The maximum absolute atomic E-state index is 12.8. The molecule has 0 bridgehead atoms. The Morgan fingerprint density at radius 1 is 1.06 bits per heavy atom. The summed E-state index contributed by atoms with van der Waals surface area (Å²) < 4.78 is 5.20. The molecule has 6 nitrogen and oxygen atoms in total. The molecule has 0 aliphatic heterocycles. The van der Waals surface area contributed by atoms with Crippen LogP contribution in [0.2, 0.25) is 0 Å². The molecule has 166 valence electrons. The number of anilines is 1. The van der Waals surface area contributed by atoms with Gasteiger partial charge < -0.3 is 20.3 Å². The highest BCUT2D eigenvalue weighted by molar-refractivity contribution is 5.92.